The van der Waals surface area contributed by atoms with Gasteiger partial charge in [-0.15, -0.1) is 0 Å². The first-order chi connectivity index (χ1) is 11.1. The molecule has 1 unspecified atom stereocenters. The Morgan fingerprint density at radius 1 is 1.12 bits per heavy atom. The second-order valence-electron chi connectivity index (χ2n) is 9.78. The Hall–Kier alpha value is 0.340. The predicted molar refractivity (Wildman–Crippen MR) is 119 cm³/mol. The Bertz CT molecular complexity index is 512. The van der Waals surface area contributed by atoms with Crippen molar-refractivity contribution in [2.75, 3.05) is 25.7 Å². The Balaban J connectivity index is 2.16. The minimum absolute atomic E-state index is 0.201. The molecule has 1 fully saturated rings. The summed E-state index contributed by atoms with van der Waals surface area (Å²) in [5.74, 6) is 4.47. The van der Waals surface area contributed by atoms with Crippen LogP contribution in [0.3, 0.4) is 0 Å². The molecule has 0 spiro atoms. The summed E-state index contributed by atoms with van der Waals surface area (Å²) in [6.07, 6.45) is 11.2. The fourth-order valence-corrected chi connectivity index (χ4v) is 14.8. The van der Waals surface area contributed by atoms with Crippen LogP contribution in [-0.4, -0.2) is 37.0 Å². The monoisotopic (exact) mass is 368 g/mol. The van der Waals surface area contributed by atoms with E-state index in [4.69, 9.17) is 0 Å². The molecule has 0 saturated carbocycles. The van der Waals surface area contributed by atoms with Gasteiger partial charge in [0.25, 0.3) is 0 Å². The van der Waals surface area contributed by atoms with Crippen molar-refractivity contribution in [3.05, 3.63) is 22.8 Å². The molecule has 4 atom stereocenters. The quantitative estimate of drug-likeness (QED) is 0.403. The minimum atomic E-state index is -1.73. The molecule has 0 amide bonds. The van der Waals surface area contributed by atoms with Crippen LogP contribution < -0.4 is 0 Å². The Morgan fingerprint density at radius 3 is 2.25 bits per heavy atom. The Morgan fingerprint density at radius 2 is 1.75 bits per heavy atom. The van der Waals surface area contributed by atoms with Gasteiger partial charge in [0.2, 0.25) is 0 Å². The van der Waals surface area contributed by atoms with Crippen LogP contribution in [0.15, 0.2) is 22.8 Å². The van der Waals surface area contributed by atoms with E-state index in [1.54, 1.807) is 10.9 Å². The summed E-state index contributed by atoms with van der Waals surface area (Å²) >= 11 is 0. The van der Waals surface area contributed by atoms with Crippen LogP contribution in [0.5, 0.6) is 0 Å². The summed E-state index contributed by atoms with van der Waals surface area (Å²) < 4.78 is 0. The first-order valence-electron chi connectivity index (χ1n) is 10.2. The van der Waals surface area contributed by atoms with Crippen LogP contribution in [-0.2, 0) is 0 Å². The standard InChI is InChI=1S/C22H42P2/c1-9-10-19(5)22-12-11-21(17(2)3)23(22)14-16-24(7,8)15-13-18(4)20(24)6/h13,15,17,19,21-22H,9-12,14,16H2,1-8H3/t19-,21-,22-,23?/m1/s1. The molecule has 0 aromatic carbocycles. The number of hydrogen-bond acceptors (Lipinski definition) is 0. The van der Waals surface area contributed by atoms with E-state index in [1.807, 2.05) is 0 Å². The van der Waals surface area contributed by atoms with Crippen LogP contribution in [0.1, 0.15) is 67.2 Å². The third-order valence-electron chi connectivity index (χ3n) is 7.30. The average molecular weight is 369 g/mol. The molecule has 0 bridgehead atoms. The van der Waals surface area contributed by atoms with E-state index in [-0.39, 0.29) is 7.92 Å². The molecular formula is C22H42P2. The van der Waals surface area contributed by atoms with Gasteiger partial charge in [0, 0.05) is 0 Å². The van der Waals surface area contributed by atoms with Crippen molar-refractivity contribution in [1.29, 1.82) is 0 Å². The van der Waals surface area contributed by atoms with Crippen LogP contribution >= 0.6 is 14.5 Å². The van der Waals surface area contributed by atoms with Gasteiger partial charge in [0.1, 0.15) is 0 Å². The molecule has 0 nitrogen and oxygen atoms in total. The summed E-state index contributed by atoms with van der Waals surface area (Å²) in [6.45, 7) is 18.1. The van der Waals surface area contributed by atoms with Crippen molar-refractivity contribution in [2.24, 2.45) is 11.8 Å². The zero-order valence-corrected chi connectivity index (χ0v) is 19.4. The summed E-state index contributed by atoms with van der Waals surface area (Å²) in [4.78, 5) is 0. The average Bonchev–Trinajstić information content (AvgIpc) is 3.02. The second kappa shape index (κ2) is 7.53. The maximum atomic E-state index is 2.64. The van der Waals surface area contributed by atoms with E-state index in [2.05, 4.69) is 66.8 Å². The van der Waals surface area contributed by atoms with Crippen LogP contribution in [0.4, 0.5) is 0 Å². The van der Waals surface area contributed by atoms with E-state index < -0.39 is 6.60 Å². The van der Waals surface area contributed by atoms with Gasteiger partial charge < -0.3 is 0 Å². The predicted octanol–water partition coefficient (Wildman–Crippen LogP) is 7.73. The summed E-state index contributed by atoms with van der Waals surface area (Å²) in [6, 6.07) is 0. The number of rotatable bonds is 7. The van der Waals surface area contributed by atoms with Gasteiger partial charge in [-0.1, -0.05) is 0 Å². The third kappa shape index (κ3) is 4.01. The molecule has 0 radical (unpaired) electrons. The molecule has 0 aromatic heterocycles. The molecule has 140 valence electrons. The molecule has 2 aliphatic heterocycles. The number of allylic oxidation sites excluding steroid dienone is 3. The van der Waals surface area contributed by atoms with Gasteiger partial charge in [-0.25, -0.2) is 0 Å². The summed E-state index contributed by atoms with van der Waals surface area (Å²) in [5.41, 5.74) is 3.62. The van der Waals surface area contributed by atoms with Crippen molar-refractivity contribution < 1.29 is 0 Å². The van der Waals surface area contributed by atoms with Gasteiger partial charge in [0.15, 0.2) is 0 Å². The van der Waals surface area contributed by atoms with Crippen molar-refractivity contribution >= 4 is 14.5 Å². The topological polar surface area (TPSA) is 0 Å². The van der Waals surface area contributed by atoms with Crippen molar-refractivity contribution in [3.63, 3.8) is 0 Å². The third-order valence-corrected chi connectivity index (χ3v) is 17.0. The van der Waals surface area contributed by atoms with Gasteiger partial charge in [0.05, 0.1) is 0 Å². The van der Waals surface area contributed by atoms with E-state index in [0.29, 0.717) is 0 Å². The van der Waals surface area contributed by atoms with E-state index in [1.165, 1.54) is 38.0 Å². The van der Waals surface area contributed by atoms with E-state index in [9.17, 15) is 0 Å². The van der Waals surface area contributed by atoms with Crippen LogP contribution in [0.2, 0.25) is 0 Å². The molecule has 1 saturated heterocycles. The zero-order valence-electron chi connectivity index (χ0n) is 17.6. The molecule has 0 aromatic rings. The first-order valence-corrected chi connectivity index (χ1v) is 15.3. The molecule has 2 heterocycles. The SMILES string of the molecule is CCC[C@@H](C)[C@H]1CC[C@H](C(C)C)P1CCP1(C)(C)C=CC(C)=C1C. The molecule has 0 N–H and O–H groups in total. The molecule has 2 aliphatic rings. The first kappa shape index (κ1) is 20.6. The molecule has 0 aliphatic carbocycles. The normalized spacial score (nSPS) is 34.5. The zero-order chi connectivity index (χ0) is 18.1. The molecule has 2 heteroatoms. The summed E-state index contributed by atoms with van der Waals surface area (Å²) in [5, 5.41) is 1.73. The van der Waals surface area contributed by atoms with Crippen molar-refractivity contribution in [1.82, 2.24) is 0 Å². The molecular weight excluding hydrogens is 326 g/mol. The van der Waals surface area contributed by atoms with Gasteiger partial charge in [-0.3, -0.25) is 0 Å². The van der Waals surface area contributed by atoms with Gasteiger partial charge >= 0.3 is 153 Å². The number of hydrogen-bond donors (Lipinski definition) is 0. The van der Waals surface area contributed by atoms with Crippen molar-refractivity contribution in [3.8, 4) is 0 Å². The van der Waals surface area contributed by atoms with E-state index in [0.717, 1.165) is 23.2 Å². The van der Waals surface area contributed by atoms with Crippen LogP contribution in [0.25, 0.3) is 0 Å². The van der Waals surface area contributed by atoms with Gasteiger partial charge in [-0.2, -0.15) is 0 Å². The molecule has 24 heavy (non-hydrogen) atoms. The molecule has 2 rings (SSSR count). The summed E-state index contributed by atoms with van der Waals surface area (Å²) in [7, 11) is 0.201. The van der Waals surface area contributed by atoms with Crippen LogP contribution in [0, 0.1) is 11.8 Å². The maximum absolute atomic E-state index is 2.64. The van der Waals surface area contributed by atoms with E-state index >= 15 is 0 Å². The van der Waals surface area contributed by atoms with Gasteiger partial charge in [-0.05, 0) is 0 Å². The fourth-order valence-electron chi connectivity index (χ4n) is 5.05. The fraction of sp³-hybridized carbons (Fsp3) is 0.818. The second-order valence-corrected chi connectivity index (χ2v) is 19.0. The van der Waals surface area contributed by atoms with Crippen molar-refractivity contribution in [2.45, 2.75) is 78.5 Å². The Kier molecular flexibility index (Phi) is 6.48. The Labute approximate surface area is 153 Å².